The van der Waals surface area contributed by atoms with E-state index in [1.807, 2.05) is 6.07 Å². The van der Waals surface area contributed by atoms with Gasteiger partial charge in [0.1, 0.15) is 0 Å². The molecule has 106 valence electrons. The number of rotatable bonds is 2. The molecule has 1 nitrogen and oxygen atoms in total. The van der Waals surface area contributed by atoms with Crippen LogP contribution in [-0.2, 0) is 0 Å². The van der Waals surface area contributed by atoms with Gasteiger partial charge in [0.2, 0.25) is 0 Å². The lowest BCUT2D eigenvalue weighted by molar-refractivity contribution is 1.45. The standard InChI is InChI=1S/C20H14BrN/c21-16-11-12-18-17(13-16)19(14-7-3-1-4-8-14)20(22-18)15-9-5-2-6-10-15/h1-13,22H. The van der Waals surface area contributed by atoms with Crippen molar-refractivity contribution in [2.24, 2.45) is 0 Å². The van der Waals surface area contributed by atoms with Crippen molar-refractivity contribution >= 4 is 26.8 Å². The molecule has 0 aliphatic rings. The molecule has 0 fully saturated rings. The van der Waals surface area contributed by atoms with E-state index in [1.165, 1.54) is 27.8 Å². The minimum Gasteiger partial charge on any atom is -0.354 e. The molecule has 0 unspecified atom stereocenters. The molecular weight excluding hydrogens is 334 g/mol. The highest BCUT2D eigenvalue weighted by molar-refractivity contribution is 9.10. The topological polar surface area (TPSA) is 15.8 Å². The second-order valence-electron chi connectivity index (χ2n) is 5.30. The third-order valence-corrected chi connectivity index (χ3v) is 4.38. The summed E-state index contributed by atoms with van der Waals surface area (Å²) in [7, 11) is 0. The van der Waals surface area contributed by atoms with Crippen molar-refractivity contribution in [1.82, 2.24) is 4.98 Å². The normalized spacial score (nSPS) is 11.0. The van der Waals surface area contributed by atoms with Gasteiger partial charge in [-0.1, -0.05) is 76.6 Å². The fourth-order valence-electron chi connectivity index (χ4n) is 2.89. The first kappa shape index (κ1) is 13.4. The zero-order valence-electron chi connectivity index (χ0n) is 11.9. The average molecular weight is 348 g/mol. The Kier molecular flexibility index (Phi) is 3.32. The van der Waals surface area contributed by atoms with Crippen LogP contribution >= 0.6 is 15.9 Å². The molecule has 0 radical (unpaired) electrons. The second kappa shape index (κ2) is 5.47. The minimum atomic E-state index is 1.09. The van der Waals surface area contributed by atoms with E-state index in [2.05, 4.69) is 93.7 Å². The Morgan fingerprint density at radius 2 is 1.32 bits per heavy atom. The van der Waals surface area contributed by atoms with Gasteiger partial charge in [-0.05, 0) is 29.3 Å². The van der Waals surface area contributed by atoms with Crippen molar-refractivity contribution < 1.29 is 0 Å². The molecule has 0 saturated carbocycles. The van der Waals surface area contributed by atoms with Crippen LogP contribution < -0.4 is 0 Å². The fourth-order valence-corrected chi connectivity index (χ4v) is 3.25. The molecule has 0 aliphatic carbocycles. The third-order valence-electron chi connectivity index (χ3n) is 3.89. The largest absolute Gasteiger partial charge is 0.354 e. The molecule has 3 aromatic carbocycles. The number of aromatic nitrogens is 1. The maximum atomic E-state index is 3.59. The summed E-state index contributed by atoms with van der Waals surface area (Å²) in [5.41, 5.74) is 6.00. The van der Waals surface area contributed by atoms with Crippen LogP contribution in [0.25, 0.3) is 33.3 Å². The van der Waals surface area contributed by atoms with Gasteiger partial charge in [0.15, 0.2) is 0 Å². The van der Waals surface area contributed by atoms with E-state index >= 15 is 0 Å². The molecule has 1 heterocycles. The molecule has 22 heavy (non-hydrogen) atoms. The highest BCUT2D eigenvalue weighted by atomic mass is 79.9. The molecule has 0 saturated heterocycles. The van der Waals surface area contributed by atoms with Gasteiger partial charge in [-0.15, -0.1) is 0 Å². The van der Waals surface area contributed by atoms with Gasteiger partial charge in [-0.2, -0.15) is 0 Å². The Labute approximate surface area is 137 Å². The Bertz CT molecular complexity index is 924. The van der Waals surface area contributed by atoms with Crippen LogP contribution in [0.1, 0.15) is 0 Å². The average Bonchev–Trinajstić information content (AvgIpc) is 2.95. The first-order valence-corrected chi connectivity index (χ1v) is 8.04. The number of halogens is 1. The van der Waals surface area contributed by atoms with Gasteiger partial charge in [-0.25, -0.2) is 0 Å². The molecule has 1 aromatic heterocycles. The molecule has 4 rings (SSSR count). The van der Waals surface area contributed by atoms with E-state index in [0.29, 0.717) is 0 Å². The third kappa shape index (κ3) is 2.26. The molecular formula is C20H14BrN. The summed E-state index contributed by atoms with van der Waals surface area (Å²) in [5.74, 6) is 0. The molecule has 0 atom stereocenters. The summed E-state index contributed by atoms with van der Waals surface area (Å²) in [5, 5.41) is 1.24. The van der Waals surface area contributed by atoms with Crippen molar-refractivity contribution in [1.29, 1.82) is 0 Å². The van der Waals surface area contributed by atoms with E-state index in [4.69, 9.17) is 0 Å². The van der Waals surface area contributed by atoms with E-state index in [-0.39, 0.29) is 0 Å². The molecule has 0 bridgehead atoms. The van der Waals surface area contributed by atoms with Gasteiger partial charge >= 0.3 is 0 Å². The van der Waals surface area contributed by atoms with Crippen LogP contribution in [0.3, 0.4) is 0 Å². The van der Waals surface area contributed by atoms with Crippen LogP contribution in [0.5, 0.6) is 0 Å². The SMILES string of the molecule is Brc1ccc2[nH]c(-c3ccccc3)c(-c3ccccc3)c2c1. The minimum absolute atomic E-state index is 1.09. The van der Waals surface area contributed by atoms with Crippen molar-refractivity contribution in [3.05, 3.63) is 83.3 Å². The zero-order valence-corrected chi connectivity index (χ0v) is 13.5. The molecule has 0 aliphatic heterocycles. The second-order valence-corrected chi connectivity index (χ2v) is 6.21. The first-order chi connectivity index (χ1) is 10.8. The number of aromatic amines is 1. The zero-order chi connectivity index (χ0) is 14.9. The Morgan fingerprint density at radius 1 is 0.682 bits per heavy atom. The van der Waals surface area contributed by atoms with E-state index < -0.39 is 0 Å². The highest BCUT2D eigenvalue weighted by Crippen LogP contribution is 2.39. The highest BCUT2D eigenvalue weighted by Gasteiger charge is 2.14. The van der Waals surface area contributed by atoms with Crippen LogP contribution in [0.2, 0.25) is 0 Å². The van der Waals surface area contributed by atoms with Gasteiger partial charge < -0.3 is 4.98 Å². The van der Waals surface area contributed by atoms with Crippen LogP contribution in [-0.4, -0.2) is 4.98 Å². The Morgan fingerprint density at radius 3 is 2.00 bits per heavy atom. The fraction of sp³-hybridized carbons (Fsp3) is 0. The number of hydrogen-bond acceptors (Lipinski definition) is 0. The van der Waals surface area contributed by atoms with E-state index in [9.17, 15) is 0 Å². The van der Waals surface area contributed by atoms with Gasteiger partial charge in [0, 0.05) is 20.9 Å². The van der Waals surface area contributed by atoms with Crippen molar-refractivity contribution in [2.75, 3.05) is 0 Å². The summed E-state index contributed by atoms with van der Waals surface area (Å²) in [4.78, 5) is 3.59. The number of H-pyrrole nitrogens is 1. The smallest absolute Gasteiger partial charge is 0.0544 e. The predicted molar refractivity (Wildman–Crippen MR) is 96.9 cm³/mol. The monoisotopic (exact) mass is 347 g/mol. The molecule has 0 spiro atoms. The van der Waals surface area contributed by atoms with Crippen molar-refractivity contribution in [3.8, 4) is 22.4 Å². The van der Waals surface area contributed by atoms with Crippen molar-refractivity contribution in [2.45, 2.75) is 0 Å². The lowest BCUT2D eigenvalue weighted by Crippen LogP contribution is -1.82. The molecule has 0 amide bonds. The predicted octanol–water partition coefficient (Wildman–Crippen LogP) is 6.26. The van der Waals surface area contributed by atoms with Crippen LogP contribution in [0, 0.1) is 0 Å². The van der Waals surface area contributed by atoms with Crippen molar-refractivity contribution in [3.63, 3.8) is 0 Å². The first-order valence-electron chi connectivity index (χ1n) is 7.25. The van der Waals surface area contributed by atoms with E-state index in [0.717, 1.165) is 9.99 Å². The molecule has 1 N–H and O–H groups in total. The Balaban J connectivity index is 2.08. The number of fused-ring (bicyclic) bond motifs is 1. The van der Waals surface area contributed by atoms with Gasteiger partial charge in [-0.3, -0.25) is 0 Å². The lowest BCUT2D eigenvalue weighted by Gasteiger charge is -2.05. The number of hydrogen-bond donors (Lipinski definition) is 1. The van der Waals surface area contributed by atoms with E-state index in [1.54, 1.807) is 0 Å². The summed E-state index contributed by atoms with van der Waals surface area (Å²) >= 11 is 3.59. The number of benzene rings is 3. The molecule has 2 heteroatoms. The summed E-state index contributed by atoms with van der Waals surface area (Å²) < 4.78 is 1.09. The summed E-state index contributed by atoms with van der Waals surface area (Å²) in [6.45, 7) is 0. The van der Waals surface area contributed by atoms with Gasteiger partial charge in [0.25, 0.3) is 0 Å². The maximum Gasteiger partial charge on any atom is 0.0544 e. The lowest BCUT2D eigenvalue weighted by atomic mass is 9.98. The van der Waals surface area contributed by atoms with Crippen LogP contribution in [0.4, 0.5) is 0 Å². The van der Waals surface area contributed by atoms with Crippen LogP contribution in [0.15, 0.2) is 83.3 Å². The van der Waals surface area contributed by atoms with Gasteiger partial charge in [0.05, 0.1) is 5.69 Å². The quantitative estimate of drug-likeness (QED) is 0.440. The summed E-state index contributed by atoms with van der Waals surface area (Å²) in [6.07, 6.45) is 0. The number of nitrogens with one attached hydrogen (secondary N) is 1. The Hall–Kier alpha value is -2.32. The maximum absolute atomic E-state index is 3.59. The molecule has 4 aromatic rings. The summed E-state index contributed by atoms with van der Waals surface area (Å²) in [6, 6.07) is 27.4.